The van der Waals surface area contributed by atoms with Gasteiger partial charge in [0.25, 0.3) is 0 Å². The first kappa shape index (κ1) is 8.08. The molecule has 4 nitrogen and oxygen atoms in total. The zero-order valence-electron chi connectivity index (χ0n) is 5.94. The smallest absolute Gasteiger partial charge is 0.245 e. The fourth-order valence-electron chi connectivity index (χ4n) is 0.692. The van der Waals surface area contributed by atoms with Crippen LogP contribution in [0, 0.1) is 17.2 Å². The summed E-state index contributed by atoms with van der Waals surface area (Å²) in [6.45, 7) is 0. The molecule has 0 radical (unpaired) electrons. The SMILES string of the molecule is CSC1N=CC(C#N)C(=O)N1. The van der Waals surface area contributed by atoms with E-state index >= 15 is 0 Å². The Kier molecular flexibility index (Phi) is 2.49. The molecule has 11 heavy (non-hydrogen) atoms. The van der Waals surface area contributed by atoms with Crippen molar-refractivity contribution in [1.29, 1.82) is 5.26 Å². The molecule has 1 heterocycles. The summed E-state index contributed by atoms with van der Waals surface area (Å²) in [5, 5.41) is 11.0. The van der Waals surface area contributed by atoms with Gasteiger partial charge in [0, 0.05) is 6.21 Å². The highest BCUT2D eigenvalue weighted by Crippen LogP contribution is 2.09. The molecule has 0 saturated carbocycles. The molecule has 1 rings (SSSR count). The second kappa shape index (κ2) is 3.39. The Morgan fingerprint density at radius 1 is 1.91 bits per heavy atom. The summed E-state index contributed by atoms with van der Waals surface area (Å²) in [4.78, 5) is 14.9. The Bertz CT molecular complexity index is 232. The normalized spacial score (nSPS) is 29.3. The van der Waals surface area contributed by atoms with E-state index in [0.29, 0.717) is 0 Å². The number of nitrogens with one attached hydrogen (secondary N) is 1. The molecule has 58 valence electrons. The van der Waals surface area contributed by atoms with Gasteiger partial charge in [-0.1, -0.05) is 0 Å². The predicted octanol–water partition coefficient (Wildman–Crippen LogP) is -0.0266. The number of hydrogen-bond acceptors (Lipinski definition) is 4. The summed E-state index contributed by atoms with van der Waals surface area (Å²) in [7, 11) is 0. The first-order chi connectivity index (χ1) is 5.27. The first-order valence-corrected chi connectivity index (χ1v) is 4.33. The number of amides is 1. The molecule has 0 aromatic rings. The zero-order valence-corrected chi connectivity index (χ0v) is 6.76. The minimum atomic E-state index is -0.710. The van der Waals surface area contributed by atoms with Gasteiger partial charge in [0.05, 0.1) is 6.07 Å². The van der Waals surface area contributed by atoms with E-state index in [-0.39, 0.29) is 11.4 Å². The van der Waals surface area contributed by atoms with Gasteiger partial charge in [-0.25, -0.2) is 0 Å². The minimum Gasteiger partial charge on any atom is -0.324 e. The molecule has 1 aliphatic heterocycles. The lowest BCUT2D eigenvalue weighted by Gasteiger charge is -2.17. The molecule has 1 N–H and O–H groups in total. The third kappa shape index (κ3) is 1.71. The number of nitriles is 1. The second-order valence-corrected chi connectivity index (χ2v) is 2.92. The van der Waals surface area contributed by atoms with Crippen molar-refractivity contribution in [3.63, 3.8) is 0 Å². The topological polar surface area (TPSA) is 65.2 Å². The molecule has 1 aliphatic rings. The quantitative estimate of drug-likeness (QED) is 0.599. The minimum absolute atomic E-state index is 0.216. The van der Waals surface area contributed by atoms with Gasteiger partial charge in [0.15, 0.2) is 11.4 Å². The fraction of sp³-hybridized carbons (Fsp3) is 0.500. The van der Waals surface area contributed by atoms with Gasteiger partial charge in [-0.3, -0.25) is 9.79 Å². The number of aliphatic imine (C=N–C) groups is 1. The zero-order chi connectivity index (χ0) is 8.27. The summed E-state index contributed by atoms with van der Waals surface area (Å²) < 4.78 is 0. The van der Waals surface area contributed by atoms with E-state index in [1.807, 2.05) is 12.3 Å². The van der Waals surface area contributed by atoms with E-state index in [1.54, 1.807) is 0 Å². The van der Waals surface area contributed by atoms with Crippen molar-refractivity contribution in [2.24, 2.45) is 10.9 Å². The second-order valence-electron chi connectivity index (χ2n) is 2.00. The Balaban J connectivity index is 2.68. The third-order valence-corrected chi connectivity index (χ3v) is 1.97. The molecule has 0 saturated heterocycles. The maximum atomic E-state index is 11.0. The van der Waals surface area contributed by atoms with Crippen molar-refractivity contribution in [2.75, 3.05) is 6.26 Å². The molecule has 0 spiro atoms. The van der Waals surface area contributed by atoms with Crippen molar-refractivity contribution in [1.82, 2.24) is 5.32 Å². The molecule has 0 aliphatic carbocycles. The molecule has 0 aromatic carbocycles. The molecule has 0 fully saturated rings. The van der Waals surface area contributed by atoms with Crippen LogP contribution in [-0.2, 0) is 4.79 Å². The Labute approximate surface area is 68.7 Å². The molecule has 0 bridgehead atoms. The molecular formula is C6H7N3OS. The van der Waals surface area contributed by atoms with Crippen LogP contribution in [0.2, 0.25) is 0 Å². The van der Waals surface area contributed by atoms with Crippen LogP contribution < -0.4 is 5.32 Å². The largest absolute Gasteiger partial charge is 0.324 e. The van der Waals surface area contributed by atoms with Crippen LogP contribution in [0.25, 0.3) is 0 Å². The average Bonchev–Trinajstić information content (AvgIpc) is 2.04. The standard InChI is InChI=1S/C6H7N3OS/c1-11-6-8-3-4(2-7)5(10)9-6/h3-4,6H,1H3,(H,9,10). The van der Waals surface area contributed by atoms with Gasteiger partial charge in [-0.15, -0.1) is 11.8 Å². The van der Waals surface area contributed by atoms with Crippen LogP contribution in [0.4, 0.5) is 0 Å². The maximum Gasteiger partial charge on any atom is 0.245 e. The summed E-state index contributed by atoms with van der Waals surface area (Å²) in [5.74, 6) is -0.972. The van der Waals surface area contributed by atoms with Gasteiger partial charge < -0.3 is 5.32 Å². The predicted molar refractivity (Wildman–Crippen MR) is 43.0 cm³/mol. The molecule has 0 aromatic heterocycles. The van der Waals surface area contributed by atoms with Gasteiger partial charge >= 0.3 is 0 Å². The van der Waals surface area contributed by atoms with Gasteiger partial charge in [-0.2, -0.15) is 5.26 Å². The number of nitrogens with zero attached hydrogens (tertiary/aromatic N) is 2. The van der Waals surface area contributed by atoms with Crippen molar-refractivity contribution in [3.8, 4) is 6.07 Å². The molecule has 5 heteroatoms. The number of hydrogen-bond donors (Lipinski definition) is 1. The summed E-state index contributed by atoms with van der Waals surface area (Å²) in [6.07, 6.45) is 3.23. The van der Waals surface area contributed by atoms with Crippen LogP contribution in [0.3, 0.4) is 0 Å². The molecule has 2 atom stereocenters. The number of carbonyl (C=O) groups excluding carboxylic acids is 1. The lowest BCUT2D eigenvalue weighted by molar-refractivity contribution is -0.122. The van der Waals surface area contributed by atoms with E-state index in [2.05, 4.69) is 10.3 Å². The third-order valence-electron chi connectivity index (χ3n) is 1.28. The highest BCUT2D eigenvalue weighted by molar-refractivity contribution is 7.99. The van der Waals surface area contributed by atoms with Crippen LogP contribution in [0.15, 0.2) is 4.99 Å². The number of carbonyl (C=O) groups is 1. The lowest BCUT2D eigenvalue weighted by Crippen LogP contribution is -2.40. The molecule has 2 unspecified atom stereocenters. The van der Waals surface area contributed by atoms with Gasteiger partial charge in [0.1, 0.15) is 0 Å². The highest BCUT2D eigenvalue weighted by atomic mass is 32.2. The van der Waals surface area contributed by atoms with Crippen molar-refractivity contribution in [3.05, 3.63) is 0 Å². The van der Waals surface area contributed by atoms with Crippen molar-refractivity contribution < 1.29 is 4.79 Å². The fourth-order valence-corrected chi connectivity index (χ4v) is 1.12. The molecule has 1 amide bonds. The number of rotatable bonds is 1. The number of thioether (sulfide) groups is 1. The van der Waals surface area contributed by atoms with E-state index in [4.69, 9.17) is 5.26 Å². The summed E-state index contributed by atoms with van der Waals surface area (Å²) in [5.41, 5.74) is -0.216. The van der Waals surface area contributed by atoms with E-state index < -0.39 is 5.92 Å². The van der Waals surface area contributed by atoms with Gasteiger partial charge in [-0.05, 0) is 6.26 Å². The summed E-state index contributed by atoms with van der Waals surface area (Å²) in [6, 6.07) is 1.83. The van der Waals surface area contributed by atoms with E-state index in [1.165, 1.54) is 18.0 Å². The van der Waals surface area contributed by atoms with Crippen LogP contribution in [0.1, 0.15) is 0 Å². The first-order valence-electron chi connectivity index (χ1n) is 3.04. The van der Waals surface area contributed by atoms with Crippen molar-refractivity contribution in [2.45, 2.75) is 5.50 Å². The van der Waals surface area contributed by atoms with Crippen LogP contribution >= 0.6 is 11.8 Å². The van der Waals surface area contributed by atoms with Crippen molar-refractivity contribution >= 4 is 23.9 Å². The molecular weight excluding hydrogens is 162 g/mol. The maximum absolute atomic E-state index is 11.0. The van der Waals surface area contributed by atoms with Gasteiger partial charge in [0.2, 0.25) is 5.91 Å². The average molecular weight is 169 g/mol. The summed E-state index contributed by atoms with van der Waals surface area (Å²) >= 11 is 1.42. The highest BCUT2D eigenvalue weighted by Gasteiger charge is 2.22. The van der Waals surface area contributed by atoms with Crippen LogP contribution in [0.5, 0.6) is 0 Å². The Morgan fingerprint density at radius 3 is 3.09 bits per heavy atom. The van der Waals surface area contributed by atoms with E-state index in [9.17, 15) is 4.79 Å². The lowest BCUT2D eigenvalue weighted by atomic mass is 10.2. The van der Waals surface area contributed by atoms with E-state index in [0.717, 1.165) is 0 Å². The monoisotopic (exact) mass is 169 g/mol. The Hall–Kier alpha value is -1.02. The Morgan fingerprint density at radius 2 is 2.64 bits per heavy atom. The van der Waals surface area contributed by atoms with Crippen LogP contribution in [-0.4, -0.2) is 23.9 Å².